The smallest absolute Gasteiger partial charge is 0.308 e. The first-order valence-electron chi connectivity index (χ1n) is 10.4. The van der Waals surface area contributed by atoms with Crippen LogP contribution in [0, 0.1) is 29.6 Å². The Labute approximate surface area is 156 Å². The molecule has 2 saturated carbocycles. The maximum atomic E-state index is 11.7. The molecule has 8 atom stereocenters. The van der Waals surface area contributed by atoms with Crippen molar-refractivity contribution in [2.45, 2.75) is 90.4 Å². The summed E-state index contributed by atoms with van der Waals surface area (Å²) in [6.45, 7) is 6.09. The molecule has 3 fully saturated rings. The van der Waals surface area contributed by atoms with Crippen LogP contribution in [0.1, 0.15) is 72.1 Å². The predicted octanol–water partition coefficient (Wildman–Crippen LogP) is 3.47. The van der Waals surface area contributed by atoms with E-state index in [1.54, 1.807) is 0 Å². The van der Waals surface area contributed by atoms with Gasteiger partial charge in [-0.15, -0.1) is 0 Å². The Hall–Kier alpha value is -1.10. The standard InChI is InChI=1S/C21H34O5/c1-12-8-15-5-4-13(2)18(21(15)19(9-12)25-14(3)22)7-6-17-10-16(23)11-20(24)26-17/h12-13,15-19,21,23H,4-11H2,1-3H3/t12?,13-,15?,16+,17?,18?,19?,21?/m0/s1. The maximum absolute atomic E-state index is 11.7. The summed E-state index contributed by atoms with van der Waals surface area (Å²) in [4.78, 5) is 23.2. The van der Waals surface area contributed by atoms with E-state index in [4.69, 9.17) is 9.47 Å². The summed E-state index contributed by atoms with van der Waals surface area (Å²) in [7, 11) is 0. The van der Waals surface area contributed by atoms with E-state index in [0.29, 0.717) is 36.0 Å². The largest absolute Gasteiger partial charge is 0.462 e. The Kier molecular flexibility index (Phi) is 6.26. The van der Waals surface area contributed by atoms with Crippen molar-refractivity contribution in [3.05, 3.63) is 0 Å². The molecule has 1 heterocycles. The van der Waals surface area contributed by atoms with E-state index in [9.17, 15) is 14.7 Å². The molecule has 3 aliphatic rings. The fraction of sp³-hybridized carbons (Fsp3) is 0.905. The van der Waals surface area contributed by atoms with Gasteiger partial charge in [0.05, 0.1) is 12.5 Å². The van der Waals surface area contributed by atoms with Gasteiger partial charge in [-0.05, 0) is 55.8 Å². The summed E-state index contributed by atoms with van der Waals surface area (Å²) < 4.78 is 11.2. The Bertz CT molecular complexity index is 519. The summed E-state index contributed by atoms with van der Waals surface area (Å²) in [5.74, 6) is 2.27. The van der Waals surface area contributed by atoms with Crippen molar-refractivity contribution in [1.29, 1.82) is 0 Å². The third kappa shape index (κ3) is 4.59. The molecule has 3 rings (SSSR count). The molecule has 5 nitrogen and oxygen atoms in total. The molecule has 2 aliphatic carbocycles. The van der Waals surface area contributed by atoms with Gasteiger partial charge in [0, 0.05) is 19.3 Å². The highest BCUT2D eigenvalue weighted by atomic mass is 16.5. The number of cyclic esters (lactones) is 1. The normalized spacial score (nSPS) is 43.3. The lowest BCUT2D eigenvalue weighted by atomic mass is 9.58. The molecule has 0 aromatic rings. The Morgan fingerprint density at radius 1 is 1.19 bits per heavy atom. The van der Waals surface area contributed by atoms with Crippen LogP contribution >= 0.6 is 0 Å². The second kappa shape index (κ2) is 8.28. The van der Waals surface area contributed by atoms with Crippen LogP contribution in [0.4, 0.5) is 0 Å². The van der Waals surface area contributed by atoms with Gasteiger partial charge in [0.15, 0.2) is 0 Å². The second-order valence-corrected chi connectivity index (χ2v) is 9.06. The molecule has 0 radical (unpaired) electrons. The third-order valence-electron chi connectivity index (χ3n) is 6.91. The number of rotatable bonds is 4. The number of ether oxygens (including phenoxy) is 2. The van der Waals surface area contributed by atoms with Crippen molar-refractivity contribution < 1.29 is 24.2 Å². The van der Waals surface area contributed by atoms with Crippen LogP contribution in [0.2, 0.25) is 0 Å². The first-order chi connectivity index (χ1) is 12.3. The minimum absolute atomic E-state index is 0.0218. The molecule has 0 spiro atoms. The lowest BCUT2D eigenvalue weighted by Gasteiger charge is -2.50. The summed E-state index contributed by atoms with van der Waals surface area (Å²) in [5, 5.41) is 9.84. The second-order valence-electron chi connectivity index (χ2n) is 9.06. The number of carbonyl (C=O) groups is 2. The minimum atomic E-state index is -0.567. The van der Waals surface area contributed by atoms with Crippen LogP contribution in [-0.4, -0.2) is 35.4 Å². The highest BCUT2D eigenvalue weighted by Gasteiger charge is 2.46. The quantitative estimate of drug-likeness (QED) is 0.771. The molecule has 5 heteroatoms. The van der Waals surface area contributed by atoms with Crippen molar-refractivity contribution >= 4 is 11.9 Å². The summed E-state index contributed by atoms with van der Waals surface area (Å²) in [6.07, 6.45) is 6.34. The van der Waals surface area contributed by atoms with Gasteiger partial charge in [-0.3, -0.25) is 9.59 Å². The predicted molar refractivity (Wildman–Crippen MR) is 97.2 cm³/mol. The number of aliphatic hydroxyl groups is 1. The van der Waals surface area contributed by atoms with Gasteiger partial charge < -0.3 is 14.6 Å². The highest BCUT2D eigenvalue weighted by molar-refractivity contribution is 5.70. The van der Waals surface area contributed by atoms with Gasteiger partial charge >= 0.3 is 11.9 Å². The number of fused-ring (bicyclic) bond motifs is 1. The molecule has 0 aromatic heterocycles. The van der Waals surface area contributed by atoms with Gasteiger partial charge in [0.1, 0.15) is 12.2 Å². The maximum Gasteiger partial charge on any atom is 0.308 e. The highest BCUT2D eigenvalue weighted by Crippen LogP contribution is 2.50. The molecule has 26 heavy (non-hydrogen) atoms. The molecule has 1 aliphatic heterocycles. The average Bonchev–Trinajstić information content (AvgIpc) is 2.52. The van der Waals surface area contributed by atoms with Crippen LogP contribution < -0.4 is 0 Å². The molecule has 148 valence electrons. The zero-order valence-corrected chi connectivity index (χ0v) is 16.4. The Morgan fingerprint density at radius 3 is 2.65 bits per heavy atom. The Morgan fingerprint density at radius 2 is 1.96 bits per heavy atom. The molecular formula is C21H34O5. The molecule has 6 unspecified atom stereocenters. The SMILES string of the molecule is CC(=O)OC1CC(C)CC2CC[C@H](C)C(CCC3C[C@@H](O)CC(=O)O3)C21. The average molecular weight is 366 g/mol. The van der Waals surface area contributed by atoms with E-state index in [-0.39, 0.29) is 30.6 Å². The van der Waals surface area contributed by atoms with E-state index < -0.39 is 6.10 Å². The van der Waals surface area contributed by atoms with E-state index in [1.807, 2.05) is 0 Å². The molecular weight excluding hydrogens is 332 g/mol. The molecule has 0 amide bonds. The zero-order chi connectivity index (χ0) is 18.8. The van der Waals surface area contributed by atoms with Gasteiger partial charge in [-0.25, -0.2) is 0 Å². The molecule has 0 aromatic carbocycles. The first kappa shape index (κ1) is 19.7. The summed E-state index contributed by atoms with van der Waals surface area (Å²) in [5.41, 5.74) is 0. The topological polar surface area (TPSA) is 72.8 Å². The van der Waals surface area contributed by atoms with Crippen molar-refractivity contribution in [1.82, 2.24) is 0 Å². The van der Waals surface area contributed by atoms with Gasteiger partial charge in [0.2, 0.25) is 0 Å². The monoisotopic (exact) mass is 366 g/mol. The van der Waals surface area contributed by atoms with Crippen molar-refractivity contribution in [3.8, 4) is 0 Å². The van der Waals surface area contributed by atoms with Gasteiger partial charge in [-0.2, -0.15) is 0 Å². The number of hydrogen-bond acceptors (Lipinski definition) is 5. The minimum Gasteiger partial charge on any atom is -0.462 e. The number of aliphatic hydroxyl groups excluding tert-OH is 1. The molecule has 1 N–H and O–H groups in total. The van der Waals surface area contributed by atoms with E-state index in [1.165, 1.54) is 26.2 Å². The fourth-order valence-corrected chi connectivity index (χ4v) is 5.87. The number of carbonyl (C=O) groups excluding carboxylic acids is 2. The van der Waals surface area contributed by atoms with Crippen LogP contribution in [0.15, 0.2) is 0 Å². The lowest BCUT2D eigenvalue weighted by Crippen LogP contribution is -2.47. The van der Waals surface area contributed by atoms with Crippen LogP contribution in [0.25, 0.3) is 0 Å². The van der Waals surface area contributed by atoms with Crippen molar-refractivity contribution in [2.75, 3.05) is 0 Å². The van der Waals surface area contributed by atoms with Crippen LogP contribution in [-0.2, 0) is 19.1 Å². The van der Waals surface area contributed by atoms with Gasteiger partial charge in [0.25, 0.3) is 0 Å². The van der Waals surface area contributed by atoms with E-state index in [2.05, 4.69) is 13.8 Å². The lowest BCUT2D eigenvalue weighted by molar-refractivity contribution is -0.164. The number of esters is 2. The van der Waals surface area contributed by atoms with Gasteiger partial charge in [-0.1, -0.05) is 20.3 Å². The third-order valence-corrected chi connectivity index (χ3v) is 6.91. The van der Waals surface area contributed by atoms with Crippen molar-refractivity contribution in [3.63, 3.8) is 0 Å². The molecule has 1 saturated heterocycles. The molecule has 0 bridgehead atoms. The van der Waals surface area contributed by atoms with E-state index >= 15 is 0 Å². The first-order valence-corrected chi connectivity index (χ1v) is 10.4. The van der Waals surface area contributed by atoms with E-state index in [0.717, 1.165) is 19.3 Å². The summed E-state index contributed by atoms with van der Waals surface area (Å²) >= 11 is 0. The zero-order valence-electron chi connectivity index (χ0n) is 16.4. The van der Waals surface area contributed by atoms with Crippen LogP contribution in [0.5, 0.6) is 0 Å². The van der Waals surface area contributed by atoms with Crippen molar-refractivity contribution in [2.24, 2.45) is 29.6 Å². The summed E-state index contributed by atoms with van der Waals surface area (Å²) in [6, 6.07) is 0. The fourth-order valence-electron chi connectivity index (χ4n) is 5.87. The van der Waals surface area contributed by atoms with Crippen LogP contribution in [0.3, 0.4) is 0 Å². The number of hydrogen-bond donors (Lipinski definition) is 1. The Balaban J connectivity index is 1.68.